The summed E-state index contributed by atoms with van der Waals surface area (Å²) in [6.07, 6.45) is 1.46. The van der Waals surface area contributed by atoms with Crippen molar-refractivity contribution >= 4 is 17.8 Å². The Labute approximate surface area is 209 Å². The number of benzene rings is 1. The number of hydrogen-bond donors (Lipinski definition) is 2. The fourth-order valence-corrected chi connectivity index (χ4v) is 5.38. The smallest absolute Gasteiger partial charge is 0.543 e. The van der Waals surface area contributed by atoms with Gasteiger partial charge in [0, 0.05) is 25.6 Å². The van der Waals surface area contributed by atoms with Crippen LogP contribution in [0.4, 0.5) is 0 Å². The molecule has 2 aliphatic heterocycles. The summed E-state index contributed by atoms with van der Waals surface area (Å²) in [5.41, 5.74) is 1.60. The minimum Gasteiger partial charge on any atom is -0.543 e. The van der Waals surface area contributed by atoms with Crippen molar-refractivity contribution in [2.75, 3.05) is 13.6 Å². The van der Waals surface area contributed by atoms with E-state index in [1.165, 1.54) is 4.90 Å². The number of nitrogens with one attached hydrogen (secondary N) is 1. The number of aliphatic carboxylic acids is 1. The zero-order valence-corrected chi connectivity index (χ0v) is 20.8. The van der Waals surface area contributed by atoms with E-state index in [4.69, 9.17) is 0 Å². The number of fused-ring (bicyclic) bond motifs is 3. The molecule has 2 heterocycles. The third-order valence-corrected chi connectivity index (χ3v) is 6.80. The molecule has 3 aliphatic rings. The van der Waals surface area contributed by atoms with Crippen LogP contribution < -0.4 is 40.0 Å². The maximum Gasteiger partial charge on any atom is 1.00 e. The van der Waals surface area contributed by atoms with Crippen molar-refractivity contribution in [3.05, 3.63) is 47.2 Å². The fourth-order valence-electron chi connectivity index (χ4n) is 5.38. The van der Waals surface area contributed by atoms with Gasteiger partial charge in [-0.05, 0) is 30.9 Å². The van der Waals surface area contributed by atoms with E-state index in [9.17, 15) is 24.6 Å². The number of amides is 2. The van der Waals surface area contributed by atoms with Gasteiger partial charge in [0.2, 0.25) is 11.8 Å². The molecule has 2 fully saturated rings. The van der Waals surface area contributed by atoms with Gasteiger partial charge in [0.15, 0.2) is 0 Å². The molecule has 166 valence electrons. The Morgan fingerprint density at radius 3 is 2.59 bits per heavy atom. The molecular weight excluding hydrogens is 421 g/mol. The first-order chi connectivity index (χ1) is 14.8. The first-order valence-corrected chi connectivity index (χ1v) is 10.8. The number of aliphatic hydroxyl groups is 1. The minimum atomic E-state index is -1.37. The third kappa shape index (κ3) is 4.39. The Balaban J connectivity index is 0.00000289. The number of likely N-dealkylation sites (N-methyl/N-ethyl adjacent to an activating group) is 1. The molecule has 1 saturated heterocycles. The molecule has 1 aliphatic carbocycles. The summed E-state index contributed by atoms with van der Waals surface area (Å²) in [6, 6.07) is 9.04. The van der Waals surface area contributed by atoms with Gasteiger partial charge in [0.05, 0.1) is 36.3 Å². The predicted octanol–water partition coefficient (Wildman–Crippen LogP) is -3.37. The summed E-state index contributed by atoms with van der Waals surface area (Å²) >= 11 is 0. The zero-order valence-electron chi connectivity index (χ0n) is 18.8. The van der Waals surface area contributed by atoms with Gasteiger partial charge >= 0.3 is 29.6 Å². The molecule has 0 radical (unpaired) electrons. The van der Waals surface area contributed by atoms with E-state index in [-0.39, 0.29) is 71.6 Å². The predicted molar refractivity (Wildman–Crippen MR) is 110 cm³/mol. The van der Waals surface area contributed by atoms with Crippen molar-refractivity contribution in [2.24, 2.45) is 11.8 Å². The SMILES string of the molecule is CC(O)[C@H]1C(=O)N2C(C(=O)[O-])=C3[C@@H](NCC(=O)N(C)Cc4ccccc4)CCC[C@@H]3[C@H]12.[Na+]. The number of nitrogens with zero attached hydrogens (tertiary/aromatic N) is 2. The van der Waals surface area contributed by atoms with Crippen molar-refractivity contribution in [1.82, 2.24) is 15.1 Å². The maximum atomic E-state index is 12.7. The monoisotopic (exact) mass is 449 g/mol. The molecule has 2 amide bonds. The Morgan fingerprint density at radius 1 is 1.28 bits per heavy atom. The molecule has 0 aromatic heterocycles. The van der Waals surface area contributed by atoms with Gasteiger partial charge in [-0.15, -0.1) is 0 Å². The van der Waals surface area contributed by atoms with Gasteiger partial charge in [-0.3, -0.25) is 9.59 Å². The topological polar surface area (TPSA) is 113 Å². The van der Waals surface area contributed by atoms with Crippen molar-refractivity contribution in [3.63, 3.8) is 0 Å². The first kappa shape index (κ1) is 24.9. The number of β-lactam (4-membered cyclic amide) rings is 1. The van der Waals surface area contributed by atoms with Crippen LogP contribution in [-0.2, 0) is 20.9 Å². The van der Waals surface area contributed by atoms with Gasteiger partial charge < -0.3 is 30.1 Å². The summed E-state index contributed by atoms with van der Waals surface area (Å²) in [4.78, 5) is 40.1. The van der Waals surface area contributed by atoms with Gasteiger partial charge in [0.25, 0.3) is 0 Å². The number of rotatable bonds is 7. The molecule has 1 saturated carbocycles. The standard InChI is InChI=1S/C23H29N3O5.Na/c1-13(27)18-20-15-9-6-10-16(19(15)21(23(30)31)26(20)22(18)29)24-11-17(28)25(2)12-14-7-4-3-5-8-14;/h3-5,7-8,13,15-16,18,20,24,27H,6,9-12H2,1-2H3,(H,30,31);/q;+1/p-1/t13?,15-,16-,18+,20+;/m0./s1. The quantitative estimate of drug-likeness (QED) is 0.332. The van der Waals surface area contributed by atoms with Gasteiger partial charge in [-0.2, -0.15) is 0 Å². The van der Waals surface area contributed by atoms with Crippen LogP contribution in [0, 0.1) is 11.8 Å². The van der Waals surface area contributed by atoms with Crippen LogP contribution in [0.2, 0.25) is 0 Å². The second-order valence-corrected chi connectivity index (χ2v) is 8.76. The van der Waals surface area contributed by atoms with E-state index in [0.29, 0.717) is 18.5 Å². The number of carboxylic acid groups (broad SMARTS) is 1. The molecule has 5 atom stereocenters. The Hall–Kier alpha value is -1.71. The molecule has 1 unspecified atom stereocenters. The first-order valence-electron chi connectivity index (χ1n) is 10.8. The Bertz CT molecular complexity index is 919. The largest absolute Gasteiger partial charge is 1.00 e. The van der Waals surface area contributed by atoms with Crippen LogP contribution in [0.1, 0.15) is 31.7 Å². The molecule has 2 N–H and O–H groups in total. The minimum absolute atomic E-state index is 0. The van der Waals surface area contributed by atoms with Gasteiger partial charge in [-0.25, -0.2) is 0 Å². The summed E-state index contributed by atoms with van der Waals surface area (Å²) in [6.45, 7) is 2.13. The molecule has 8 nitrogen and oxygen atoms in total. The number of hydrogen-bond acceptors (Lipinski definition) is 6. The zero-order chi connectivity index (χ0) is 22.3. The Morgan fingerprint density at radius 2 is 1.97 bits per heavy atom. The third-order valence-electron chi connectivity index (χ3n) is 6.80. The van der Waals surface area contributed by atoms with Crippen LogP contribution in [0.3, 0.4) is 0 Å². The van der Waals surface area contributed by atoms with Crippen molar-refractivity contribution in [3.8, 4) is 0 Å². The summed E-state index contributed by atoms with van der Waals surface area (Å²) in [5, 5.41) is 25.2. The number of aliphatic hydroxyl groups excluding tert-OH is 1. The average molecular weight is 449 g/mol. The van der Waals surface area contributed by atoms with Crippen LogP contribution in [0.25, 0.3) is 0 Å². The van der Waals surface area contributed by atoms with E-state index in [0.717, 1.165) is 18.4 Å². The summed E-state index contributed by atoms with van der Waals surface area (Å²) in [5.74, 6) is -2.55. The molecule has 4 rings (SSSR count). The van der Waals surface area contributed by atoms with Gasteiger partial charge in [0.1, 0.15) is 0 Å². The van der Waals surface area contributed by atoms with Gasteiger partial charge in [-0.1, -0.05) is 36.8 Å². The van der Waals surface area contributed by atoms with Crippen molar-refractivity contribution in [2.45, 2.75) is 50.9 Å². The van der Waals surface area contributed by atoms with E-state index in [2.05, 4.69) is 5.32 Å². The Kier molecular flexibility index (Phi) is 7.83. The van der Waals surface area contributed by atoms with Crippen LogP contribution in [-0.4, -0.2) is 64.5 Å². The van der Waals surface area contributed by atoms with Crippen molar-refractivity contribution in [1.29, 1.82) is 0 Å². The van der Waals surface area contributed by atoms with Crippen LogP contribution >= 0.6 is 0 Å². The molecule has 32 heavy (non-hydrogen) atoms. The number of carboxylic acids is 1. The normalized spacial score (nSPS) is 27.1. The molecule has 1 aromatic rings. The van der Waals surface area contributed by atoms with E-state index < -0.39 is 18.0 Å². The fraction of sp³-hybridized carbons (Fsp3) is 0.522. The molecular formula is C23H28N3NaO5. The average Bonchev–Trinajstić information content (AvgIpc) is 3.03. The number of carbonyl (C=O) groups excluding carboxylic acids is 3. The molecule has 0 spiro atoms. The van der Waals surface area contributed by atoms with Crippen LogP contribution in [0.5, 0.6) is 0 Å². The molecule has 0 bridgehead atoms. The summed E-state index contributed by atoms with van der Waals surface area (Å²) < 4.78 is 0. The molecule has 9 heteroatoms. The van der Waals surface area contributed by atoms with E-state index in [1.54, 1.807) is 18.9 Å². The second kappa shape index (κ2) is 10.1. The van der Waals surface area contributed by atoms with Crippen molar-refractivity contribution < 1.29 is 54.2 Å². The van der Waals surface area contributed by atoms with E-state index in [1.807, 2.05) is 30.3 Å². The second-order valence-electron chi connectivity index (χ2n) is 8.76. The van der Waals surface area contributed by atoms with E-state index >= 15 is 0 Å². The molecule has 1 aromatic carbocycles. The van der Waals surface area contributed by atoms with Crippen LogP contribution in [0.15, 0.2) is 41.6 Å². The maximum absolute atomic E-state index is 12.7. The number of carbonyl (C=O) groups is 3. The summed E-state index contributed by atoms with van der Waals surface area (Å²) in [7, 11) is 1.74.